The number of carbonyl (C=O) groups excluding carboxylic acids is 1. The molecule has 0 saturated heterocycles. The van der Waals surface area contributed by atoms with E-state index < -0.39 is 0 Å². The zero-order valence-corrected chi connectivity index (χ0v) is 9.29. The predicted octanol–water partition coefficient (Wildman–Crippen LogP) is 2.22. The van der Waals surface area contributed by atoms with E-state index in [0.29, 0.717) is 0 Å². The third-order valence-electron chi connectivity index (χ3n) is 3.34. The Hall–Kier alpha value is -1.15. The summed E-state index contributed by atoms with van der Waals surface area (Å²) in [6.07, 6.45) is 1.71. The third-order valence-corrected chi connectivity index (χ3v) is 3.34. The van der Waals surface area contributed by atoms with Gasteiger partial charge in [0.2, 0.25) is 0 Å². The summed E-state index contributed by atoms with van der Waals surface area (Å²) in [5.41, 5.74) is 8.95. The first-order valence-electron chi connectivity index (χ1n) is 5.45. The summed E-state index contributed by atoms with van der Waals surface area (Å²) in [7, 11) is 0. The van der Waals surface area contributed by atoms with Gasteiger partial charge in [-0.1, -0.05) is 12.1 Å². The SMILES string of the molecule is Cc1ccc(C(=O)C2CC(N)C2)cc1C. The van der Waals surface area contributed by atoms with Crippen LogP contribution in [0.25, 0.3) is 0 Å². The van der Waals surface area contributed by atoms with Crippen LogP contribution in [-0.2, 0) is 0 Å². The zero-order chi connectivity index (χ0) is 11.0. The molecule has 0 amide bonds. The number of hydrogen-bond acceptors (Lipinski definition) is 2. The monoisotopic (exact) mass is 203 g/mol. The quantitative estimate of drug-likeness (QED) is 0.749. The fourth-order valence-electron chi connectivity index (χ4n) is 2.01. The molecule has 2 N–H and O–H groups in total. The number of ketones is 1. The summed E-state index contributed by atoms with van der Waals surface area (Å²) in [5, 5.41) is 0. The fraction of sp³-hybridized carbons (Fsp3) is 0.462. The van der Waals surface area contributed by atoms with Gasteiger partial charge in [0.05, 0.1) is 0 Å². The number of benzene rings is 1. The second kappa shape index (κ2) is 3.78. The van der Waals surface area contributed by atoms with Gasteiger partial charge in [-0.15, -0.1) is 0 Å². The Morgan fingerprint density at radius 3 is 2.47 bits per heavy atom. The van der Waals surface area contributed by atoms with Gasteiger partial charge in [-0.05, 0) is 43.9 Å². The number of hydrogen-bond donors (Lipinski definition) is 1. The highest BCUT2D eigenvalue weighted by Gasteiger charge is 2.32. The Balaban J connectivity index is 2.16. The maximum atomic E-state index is 12.0. The smallest absolute Gasteiger partial charge is 0.166 e. The van der Waals surface area contributed by atoms with Gasteiger partial charge in [-0.25, -0.2) is 0 Å². The standard InChI is InChI=1S/C13H17NO/c1-8-3-4-10(5-9(8)2)13(15)11-6-12(14)7-11/h3-5,11-12H,6-7,14H2,1-2H3. The number of carbonyl (C=O) groups is 1. The van der Waals surface area contributed by atoms with Crippen molar-refractivity contribution in [3.63, 3.8) is 0 Å². The minimum Gasteiger partial charge on any atom is -0.328 e. The second-order valence-corrected chi connectivity index (χ2v) is 4.59. The van der Waals surface area contributed by atoms with E-state index >= 15 is 0 Å². The van der Waals surface area contributed by atoms with Gasteiger partial charge in [0.1, 0.15) is 0 Å². The van der Waals surface area contributed by atoms with Crippen LogP contribution in [0, 0.1) is 19.8 Å². The molecular weight excluding hydrogens is 186 g/mol. The van der Waals surface area contributed by atoms with Gasteiger partial charge in [0.25, 0.3) is 0 Å². The van der Waals surface area contributed by atoms with E-state index in [-0.39, 0.29) is 17.7 Å². The van der Waals surface area contributed by atoms with E-state index in [9.17, 15) is 4.79 Å². The molecule has 0 atom stereocenters. The molecule has 1 aromatic rings. The molecule has 1 aromatic carbocycles. The average molecular weight is 203 g/mol. The molecule has 0 aliphatic heterocycles. The van der Waals surface area contributed by atoms with Crippen LogP contribution in [0.2, 0.25) is 0 Å². The van der Waals surface area contributed by atoms with Crippen LogP contribution in [0.4, 0.5) is 0 Å². The van der Waals surface area contributed by atoms with E-state index in [1.54, 1.807) is 0 Å². The van der Waals surface area contributed by atoms with Gasteiger partial charge < -0.3 is 5.73 Å². The molecular formula is C13H17NO. The van der Waals surface area contributed by atoms with Crippen molar-refractivity contribution in [1.29, 1.82) is 0 Å². The molecule has 1 fully saturated rings. The first-order valence-corrected chi connectivity index (χ1v) is 5.45. The highest BCUT2D eigenvalue weighted by molar-refractivity contribution is 5.98. The molecule has 2 rings (SSSR count). The average Bonchev–Trinajstić information content (AvgIpc) is 2.16. The largest absolute Gasteiger partial charge is 0.328 e. The predicted molar refractivity (Wildman–Crippen MR) is 60.9 cm³/mol. The van der Waals surface area contributed by atoms with Crippen LogP contribution in [0.1, 0.15) is 34.3 Å². The molecule has 80 valence electrons. The summed E-state index contributed by atoms with van der Waals surface area (Å²) < 4.78 is 0. The summed E-state index contributed by atoms with van der Waals surface area (Å²) in [6.45, 7) is 4.10. The summed E-state index contributed by atoms with van der Waals surface area (Å²) in [6, 6.07) is 6.17. The van der Waals surface area contributed by atoms with Gasteiger partial charge in [-0.2, -0.15) is 0 Å². The van der Waals surface area contributed by atoms with Crippen molar-refractivity contribution in [3.05, 3.63) is 34.9 Å². The Labute approximate surface area is 90.5 Å². The van der Waals surface area contributed by atoms with Crippen molar-refractivity contribution >= 4 is 5.78 Å². The van der Waals surface area contributed by atoms with Crippen LogP contribution in [0.15, 0.2) is 18.2 Å². The minimum atomic E-state index is 0.169. The minimum absolute atomic E-state index is 0.169. The molecule has 0 bridgehead atoms. The van der Waals surface area contributed by atoms with Gasteiger partial charge in [0.15, 0.2) is 5.78 Å². The van der Waals surface area contributed by atoms with Crippen molar-refractivity contribution in [3.8, 4) is 0 Å². The number of aryl methyl sites for hydroxylation is 2. The van der Waals surface area contributed by atoms with Crippen LogP contribution >= 0.6 is 0 Å². The Kier molecular flexibility index (Phi) is 2.61. The Morgan fingerprint density at radius 1 is 1.27 bits per heavy atom. The van der Waals surface area contributed by atoms with Crippen molar-refractivity contribution in [2.45, 2.75) is 32.7 Å². The Bertz CT molecular complexity index is 392. The Morgan fingerprint density at radius 2 is 1.93 bits per heavy atom. The molecule has 0 unspecified atom stereocenters. The molecule has 2 heteroatoms. The normalized spacial score (nSPS) is 24.7. The third kappa shape index (κ3) is 1.95. The molecule has 1 saturated carbocycles. The molecule has 15 heavy (non-hydrogen) atoms. The van der Waals surface area contributed by atoms with E-state index in [1.165, 1.54) is 11.1 Å². The lowest BCUT2D eigenvalue weighted by molar-refractivity contribution is 0.0832. The zero-order valence-electron chi connectivity index (χ0n) is 9.29. The molecule has 0 radical (unpaired) electrons. The topological polar surface area (TPSA) is 43.1 Å². The lowest BCUT2D eigenvalue weighted by atomic mass is 9.76. The molecule has 1 aliphatic rings. The molecule has 1 aliphatic carbocycles. The van der Waals surface area contributed by atoms with Gasteiger partial charge >= 0.3 is 0 Å². The maximum absolute atomic E-state index is 12.0. The summed E-state index contributed by atoms with van der Waals surface area (Å²) in [4.78, 5) is 12.0. The lowest BCUT2D eigenvalue weighted by Crippen LogP contribution is -2.40. The van der Waals surface area contributed by atoms with Crippen LogP contribution in [0.3, 0.4) is 0 Å². The lowest BCUT2D eigenvalue weighted by Gasteiger charge is -2.31. The number of rotatable bonds is 2. The molecule has 0 aromatic heterocycles. The number of Topliss-reactive ketones (excluding diaryl/α,β-unsaturated/α-hetero) is 1. The second-order valence-electron chi connectivity index (χ2n) is 4.59. The van der Waals surface area contributed by atoms with Gasteiger partial charge in [0, 0.05) is 17.5 Å². The maximum Gasteiger partial charge on any atom is 0.166 e. The molecule has 2 nitrogen and oxygen atoms in total. The van der Waals surface area contributed by atoms with E-state index in [1.807, 2.05) is 25.1 Å². The van der Waals surface area contributed by atoms with Crippen molar-refractivity contribution in [1.82, 2.24) is 0 Å². The first kappa shape index (κ1) is 10.4. The summed E-state index contributed by atoms with van der Waals surface area (Å²) >= 11 is 0. The van der Waals surface area contributed by atoms with E-state index in [4.69, 9.17) is 5.73 Å². The van der Waals surface area contributed by atoms with Crippen molar-refractivity contribution in [2.75, 3.05) is 0 Å². The summed E-state index contributed by atoms with van der Waals surface area (Å²) in [5.74, 6) is 0.432. The van der Waals surface area contributed by atoms with Crippen LogP contribution < -0.4 is 5.73 Å². The van der Waals surface area contributed by atoms with E-state index in [0.717, 1.165) is 18.4 Å². The van der Waals surface area contributed by atoms with Crippen molar-refractivity contribution in [2.24, 2.45) is 11.7 Å². The van der Waals surface area contributed by atoms with Crippen LogP contribution in [-0.4, -0.2) is 11.8 Å². The molecule has 0 heterocycles. The highest BCUT2D eigenvalue weighted by Crippen LogP contribution is 2.29. The van der Waals surface area contributed by atoms with E-state index in [2.05, 4.69) is 6.92 Å². The molecule has 0 spiro atoms. The fourth-order valence-corrected chi connectivity index (χ4v) is 2.01. The van der Waals surface area contributed by atoms with Crippen molar-refractivity contribution < 1.29 is 4.79 Å². The number of nitrogens with two attached hydrogens (primary N) is 1. The van der Waals surface area contributed by atoms with Crippen LogP contribution in [0.5, 0.6) is 0 Å². The highest BCUT2D eigenvalue weighted by atomic mass is 16.1. The van der Waals surface area contributed by atoms with Gasteiger partial charge in [-0.3, -0.25) is 4.79 Å². The first-order chi connectivity index (χ1) is 7.08.